The SMILES string of the molecule is O=C(O)N1CCC(c2ccc(Cl)cc2)(c2ccc(Br)cc2)CC1. The van der Waals surface area contributed by atoms with E-state index in [1.807, 2.05) is 24.3 Å². The molecule has 1 amide bonds. The highest BCUT2D eigenvalue weighted by Crippen LogP contribution is 2.42. The van der Waals surface area contributed by atoms with Crippen molar-refractivity contribution in [3.05, 3.63) is 69.2 Å². The monoisotopic (exact) mass is 393 g/mol. The zero-order valence-electron chi connectivity index (χ0n) is 12.5. The molecule has 0 aromatic heterocycles. The molecule has 0 saturated carbocycles. The highest BCUT2D eigenvalue weighted by molar-refractivity contribution is 9.10. The number of likely N-dealkylation sites (tertiary alicyclic amines) is 1. The fourth-order valence-corrected chi connectivity index (χ4v) is 3.75. The van der Waals surface area contributed by atoms with E-state index in [1.165, 1.54) is 16.0 Å². The molecule has 1 aliphatic rings. The molecule has 0 bridgehead atoms. The molecule has 0 spiro atoms. The van der Waals surface area contributed by atoms with Crippen molar-refractivity contribution < 1.29 is 9.90 Å². The summed E-state index contributed by atoms with van der Waals surface area (Å²) in [6, 6.07) is 16.2. The Hall–Kier alpha value is -1.52. The van der Waals surface area contributed by atoms with Crippen LogP contribution in [0.1, 0.15) is 24.0 Å². The van der Waals surface area contributed by atoms with E-state index in [9.17, 15) is 9.90 Å². The van der Waals surface area contributed by atoms with E-state index in [-0.39, 0.29) is 5.41 Å². The van der Waals surface area contributed by atoms with Gasteiger partial charge in [-0.3, -0.25) is 0 Å². The van der Waals surface area contributed by atoms with Crippen LogP contribution in [-0.4, -0.2) is 29.2 Å². The molecule has 23 heavy (non-hydrogen) atoms. The number of hydrogen-bond donors (Lipinski definition) is 1. The summed E-state index contributed by atoms with van der Waals surface area (Å²) < 4.78 is 1.04. The second-order valence-corrected chi connectivity index (χ2v) is 7.22. The summed E-state index contributed by atoms with van der Waals surface area (Å²) in [4.78, 5) is 12.7. The normalized spacial score (nSPS) is 17.0. The third-order valence-corrected chi connectivity index (χ3v) is 5.46. The van der Waals surface area contributed by atoms with Crippen molar-refractivity contribution in [1.82, 2.24) is 4.90 Å². The quantitative estimate of drug-likeness (QED) is 0.764. The molecule has 1 fully saturated rings. The van der Waals surface area contributed by atoms with Crippen LogP contribution in [0.5, 0.6) is 0 Å². The number of hydrogen-bond acceptors (Lipinski definition) is 1. The van der Waals surface area contributed by atoms with Gasteiger partial charge in [0.2, 0.25) is 0 Å². The first kappa shape index (κ1) is 16.3. The molecule has 3 rings (SSSR count). The third-order valence-electron chi connectivity index (χ3n) is 4.68. The zero-order chi connectivity index (χ0) is 16.4. The molecule has 1 aliphatic heterocycles. The molecular weight excluding hydrogens is 378 g/mol. The van der Waals surface area contributed by atoms with Crippen molar-refractivity contribution in [3.8, 4) is 0 Å². The lowest BCUT2D eigenvalue weighted by molar-refractivity contribution is 0.123. The Morgan fingerprint density at radius 1 is 1.00 bits per heavy atom. The van der Waals surface area contributed by atoms with Crippen molar-refractivity contribution in [2.75, 3.05) is 13.1 Å². The van der Waals surface area contributed by atoms with Gasteiger partial charge in [0.15, 0.2) is 0 Å². The van der Waals surface area contributed by atoms with Crippen molar-refractivity contribution in [2.45, 2.75) is 18.3 Å². The molecule has 1 N–H and O–H groups in total. The van der Waals surface area contributed by atoms with Gasteiger partial charge in [-0.2, -0.15) is 0 Å². The fourth-order valence-electron chi connectivity index (χ4n) is 3.36. The Kier molecular flexibility index (Phi) is 4.64. The second-order valence-electron chi connectivity index (χ2n) is 5.87. The number of carboxylic acid groups (broad SMARTS) is 1. The maximum Gasteiger partial charge on any atom is 0.407 e. The van der Waals surface area contributed by atoms with E-state index in [2.05, 4.69) is 40.2 Å². The van der Waals surface area contributed by atoms with Gasteiger partial charge in [0.1, 0.15) is 0 Å². The van der Waals surface area contributed by atoms with Crippen LogP contribution in [-0.2, 0) is 5.41 Å². The molecule has 0 unspecified atom stereocenters. The van der Waals surface area contributed by atoms with E-state index >= 15 is 0 Å². The van der Waals surface area contributed by atoms with E-state index in [0.717, 1.165) is 17.3 Å². The summed E-state index contributed by atoms with van der Waals surface area (Å²) in [6.07, 6.45) is 0.691. The lowest BCUT2D eigenvalue weighted by atomic mass is 9.68. The van der Waals surface area contributed by atoms with E-state index in [0.29, 0.717) is 18.1 Å². The molecule has 0 radical (unpaired) electrons. The Labute approximate surface area is 149 Å². The Balaban J connectivity index is 2.02. The number of carbonyl (C=O) groups is 1. The molecule has 1 saturated heterocycles. The number of nitrogens with zero attached hydrogens (tertiary/aromatic N) is 1. The highest BCUT2D eigenvalue weighted by Gasteiger charge is 2.38. The molecular formula is C18H17BrClNO2. The first-order valence-electron chi connectivity index (χ1n) is 7.51. The van der Waals surface area contributed by atoms with Crippen LogP contribution in [0.2, 0.25) is 5.02 Å². The molecule has 120 valence electrons. The summed E-state index contributed by atoms with van der Waals surface area (Å²) in [5.41, 5.74) is 2.24. The zero-order valence-corrected chi connectivity index (χ0v) is 14.8. The van der Waals surface area contributed by atoms with E-state index < -0.39 is 6.09 Å². The summed E-state index contributed by atoms with van der Waals surface area (Å²) in [5, 5.41) is 9.94. The minimum atomic E-state index is -0.842. The summed E-state index contributed by atoms with van der Waals surface area (Å²) in [7, 11) is 0. The predicted octanol–water partition coefficient (Wildman–Crippen LogP) is 5.16. The topological polar surface area (TPSA) is 40.5 Å². The van der Waals surface area contributed by atoms with Gasteiger partial charge in [-0.15, -0.1) is 0 Å². The van der Waals surface area contributed by atoms with Crippen LogP contribution in [0, 0.1) is 0 Å². The van der Waals surface area contributed by atoms with Gasteiger partial charge in [-0.1, -0.05) is 51.8 Å². The minimum Gasteiger partial charge on any atom is -0.465 e. The van der Waals surface area contributed by atoms with Gasteiger partial charge >= 0.3 is 6.09 Å². The standard InChI is InChI=1S/C18H17BrClNO2/c19-15-5-1-13(2-6-15)18(14-3-7-16(20)8-4-14)9-11-21(12-10-18)17(22)23/h1-8H,9-12H2,(H,22,23). The molecule has 3 nitrogen and oxygen atoms in total. The molecule has 1 heterocycles. The number of benzene rings is 2. The molecule has 5 heteroatoms. The maximum absolute atomic E-state index is 11.2. The number of amides is 1. The van der Waals surface area contributed by atoms with Crippen LogP contribution in [0.3, 0.4) is 0 Å². The first-order chi connectivity index (χ1) is 11.0. The third kappa shape index (κ3) is 3.24. The van der Waals surface area contributed by atoms with Crippen molar-refractivity contribution >= 4 is 33.6 Å². The summed E-state index contributed by atoms with van der Waals surface area (Å²) in [5.74, 6) is 0. The van der Waals surface area contributed by atoms with Crippen molar-refractivity contribution in [3.63, 3.8) is 0 Å². The number of halogens is 2. The van der Waals surface area contributed by atoms with E-state index in [4.69, 9.17) is 11.6 Å². The van der Waals surface area contributed by atoms with Crippen molar-refractivity contribution in [1.29, 1.82) is 0 Å². The first-order valence-corrected chi connectivity index (χ1v) is 8.68. The lowest BCUT2D eigenvalue weighted by Crippen LogP contribution is -2.45. The average Bonchev–Trinajstić information content (AvgIpc) is 2.56. The summed E-state index contributed by atoms with van der Waals surface area (Å²) in [6.45, 7) is 1.07. The predicted molar refractivity (Wildman–Crippen MR) is 95.2 cm³/mol. The molecule has 2 aromatic rings. The smallest absolute Gasteiger partial charge is 0.407 e. The fraction of sp³-hybridized carbons (Fsp3) is 0.278. The molecule has 0 aliphatic carbocycles. The van der Waals surface area contributed by atoms with E-state index in [1.54, 1.807) is 0 Å². The van der Waals surface area contributed by atoms with Gasteiger partial charge in [-0.25, -0.2) is 4.79 Å². The Morgan fingerprint density at radius 3 is 1.96 bits per heavy atom. The minimum absolute atomic E-state index is 0.169. The molecule has 2 aromatic carbocycles. The Morgan fingerprint density at radius 2 is 1.48 bits per heavy atom. The van der Waals surface area contributed by atoms with Crippen LogP contribution in [0.4, 0.5) is 4.79 Å². The summed E-state index contributed by atoms with van der Waals surface area (Å²) >= 11 is 9.51. The van der Waals surface area contributed by atoms with Gasteiger partial charge in [0.25, 0.3) is 0 Å². The van der Waals surface area contributed by atoms with Crippen LogP contribution >= 0.6 is 27.5 Å². The number of rotatable bonds is 2. The maximum atomic E-state index is 11.2. The van der Waals surface area contributed by atoms with Crippen molar-refractivity contribution in [2.24, 2.45) is 0 Å². The largest absolute Gasteiger partial charge is 0.465 e. The van der Waals surface area contributed by atoms with Gasteiger partial charge in [-0.05, 0) is 48.2 Å². The van der Waals surface area contributed by atoms with Crippen LogP contribution in [0.25, 0.3) is 0 Å². The van der Waals surface area contributed by atoms with Crippen LogP contribution < -0.4 is 0 Å². The number of piperidine rings is 1. The average molecular weight is 395 g/mol. The van der Waals surface area contributed by atoms with Gasteiger partial charge < -0.3 is 10.0 Å². The molecule has 0 atom stereocenters. The second kappa shape index (κ2) is 6.54. The van der Waals surface area contributed by atoms with Crippen LogP contribution in [0.15, 0.2) is 53.0 Å². The van der Waals surface area contributed by atoms with Gasteiger partial charge in [0, 0.05) is 28.0 Å². The Bertz CT molecular complexity index is 644. The van der Waals surface area contributed by atoms with Gasteiger partial charge in [0.05, 0.1) is 0 Å². The highest BCUT2D eigenvalue weighted by atomic mass is 79.9. The lowest BCUT2D eigenvalue weighted by Gasteiger charge is -2.42.